The normalized spacial score (nSPS) is 14.1. The van der Waals surface area contributed by atoms with Crippen molar-refractivity contribution in [3.05, 3.63) is 102 Å². The van der Waals surface area contributed by atoms with Crippen molar-refractivity contribution < 1.29 is 14.3 Å². The molecule has 1 fully saturated rings. The van der Waals surface area contributed by atoms with Gasteiger partial charge in [-0.25, -0.2) is 4.68 Å². The van der Waals surface area contributed by atoms with E-state index in [1.165, 1.54) is 0 Å². The minimum atomic E-state index is -0.153. The molecule has 1 aliphatic heterocycles. The number of aromatic nitrogens is 4. The highest BCUT2D eigenvalue weighted by atomic mass is 16.5. The number of hydrogen-bond donors (Lipinski definition) is 0. The smallest absolute Gasteiger partial charge is 0.254 e. The summed E-state index contributed by atoms with van der Waals surface area (Å²) in [5, 5.41) is 12.4. The van der Waals surface area contributed by atoms with Crippen LogP contribution < -0.4 is 4.74 Å². The largest absolute Gasteiger partial charge is 0.473 e. The van der Waals surface area contributed by atoms with Gasteiger partial charge in [0, 0.05) is 55.5 Å². The molecule has 2 aromatic carbocycles. The van der Waals surface area contributed by atoms with Gasteiger partial charge in [0.2, 0.25) is 5.88 Å². The molecule has 0 saturated carbocycles. The number of hydrogen-bond acceptors (Lipinski definition) is 6. The molecule has 0 spiro atoms. The Morgan fingerprint density at radius 3 is 2.24 bits per heavy atom. The fourth-order valence-corrected chi connectivity index (χ4v) is 4.03. The first-order valence-electron chi connectivity index (χ1n) is 11.2. The standard InChI is InChI=1S/C26H23N5O3/c32-25(19-7-2-1-3-8-19)21-9-4-5-10-22(21)26(33)30-17-13-20(14-18-30)34-24-12-11-23(28-29-24)31-16-6-15-27-31/h1-12,15-16,20H,13-14,17-18H2. The summed E-state index contributed by atoms with van der Waals surface area (Å²) in [7, 11) is 0. The molecule has 1 aliphatic rings. The lowest BCUT2D eigenvalue weighted by molar-refractivity contribution is 0.0583. The molecule has 8 heteroatoms. The van der Waals surface area contributed by atoms with Crippen LogP contribution in [-0.2, 0) is 0 Å². The van der Waals surface area contributed by atoms with Gasteiger partial charge in [-0.3, -0.25) is 9.59 Å². The lowest BCUT2D eigenvalue weighted by Crippen LogP contribution is -2.42. The van der Waals surface area contributed by atoms with Crippen molar-refractivity contribution in [1.82, 2.24) is 24.9 Å². The maximum atomic E-state index is 13.3. The summed E-state index contributed by atoms with van der Waals surface area (Å²) in [4.78, 5) is 28.1. The first-order chi connectivity index (χ1) is 16.7. The number of benzene rings is 2. The molecule has 0 aliphatic carbocycles. The molecule has 2 aromatic heterocycles. The fourth-order valence-electron chi connectivity index (χ4n) is 4.03. The number of nitrogens with zero attached hydrogens (tertiary/aromatic N) is 5. The van der Waals surface area contributed by atoms with E-state index in [0.29, 0.717) is 54.3 Å². The number of ether oxygens (including phenoxy) is 1. The van der Waals surface area contributed by atoms with Crippen molar-refractivity contribution in [2.24, 2.45) is 0 Å². The van der Waals surface area contributed by atoms with Crippen LogP contribution in [0.2, 0.25) is 0 Å². The third-order valence-corrected chi connectivity index (χ3v) is 5.82. The minimum absolute atomic E-state index is 0.0601. The van der Waals surface area contributed by atoms with E-state index >= 15 is 0 Å². The molecular weight excluding hydrogens is 430 g/mol. The molecule has 1 saturated heterocycles. The van der Waals surface area contributed by atoms with Crippen molar-refractivity contribution in [3.63, 3.8) is 0 Å². The molecule has 4 aromatic rings. The highest BCUT2D eigenvalue weighted by molar-refractivity contribution is 6.15. The molecule has 0 radical (unpaired) electrons. The second-order valence-corrected chi connectivity index (χ2v) is 8.03. The molecule has 0 N–H and O–H groups in total. The van der Waals surface area contributed by atoms with Crippen LogP contribution in [0.15, 0.2) is 85.2 Å². The van der Waals surface area contributed by atoms with Crippen LogP contribution in [0.1, 0.15) is 39.1 Å². The monoisotopic (exact) mass is 453 g/mol. The van der Waals surface area contributed by atoms with Gasteiger partial charge in [0.05, 0.1) is 5.56 Å². The molecule has 1 amide bonds. The highest BCUT2D eigenvalue weighted by Crippen LogP contribution is 2.21. The van der Waals surface area contributed by atoms with Gasteiger partial charge in [-0.15, -0.1) is 10.2 Å². The van der Waals surface area contributed by atoms with Crippen LogP contribution >= 0.6 is 0 Å². The van der Waals surface area contributed by atoms with E-state index in [-0.39, 0.29) is 17.8 Å². The molecule has 34 heavy (non-hydrogen) atoms. The zero-order valence-electron chi connectivity index (χ0n) is 18.4. The van der Waals surface area contributed by atoms with Crippen molar-refractivity contribution >= 4 is 11.7 Å². The summed E-state index contributed by atoms with van der Waals surface area (Å²) >= 11 is 0. The van der Waals surface area contributed by atoms with Crippen LogP contribution in [0.25, 0.3) is 5.82 Å². The number of ketones is 1. The van der Waals surface area contributed by atoms with Gasteiger partial charge >= 0.3 is 0 Å². The lowest BCUT2D eigenvalue weighted by atomic mass is 9.97. The Balaban J connectivity index is 1.22. The molecule has 170 valence electrons. The molecule has 0 bridgehead atoms. The van der Waals surface area contributed by atoms with Gasteiger partial charge in [-0.05, 0) is 18.2 Å². The Morgan fingerprint density at radius 1 is 0.824 bits per heavy atom. The average molecular weight is 454 g/mol. The Labute approximate surface area is 196 Å². The van der Waals surface area contributed by atoms with E-state index in [9.17, 15) is 9.59 Å². The van der Waals surface area contributed by atoms with Gasteiger partial charge in [0.25, 0.3) is 5.91 Å². The summed E-state index contributed by atoms with van der Waals surface area (Å²) in [6.07, 6.45) is 4.75. The number of rotatable bonds is 6. The van der Waals surface area contributed by atoms with Crippen molar-refractivity contribution in [2.75, 3.05) is 13.1 Å². The van der Waals surface area contributed by atoms with Gasteiger partial charge in [-0.2, -0.15) is 5.10 Å². The summed E-state index contributed by atoms with van der Waals surface area (Å²) in [5.41, 5.74) is 1.41. The number of piperidine rings is 1. The Kier molecular flexibility index (Phi) is 6.11. The molecule has 3 heterocycles. The van der Waals surface area contributed by atoms with E-state index < -0.39 is 0 Å². The number of carbonyl (C=O) groups is 2. The topological polar surface area (TPSA) is 90.2 Å². The van der Waals surface area contributed by atoms with E-state index in [0.717, 1.165) is 0 Å². The quantitative estimate of drug-likeness (QED) is 0.415. The first-order valence-corrected chi connectivity index (χ1v) is 11.2. The van der Waals surface area contributed by atoms with Crippen LogP contribution in [0, 0.1) is 0 Å². The minimum Gasteiger partial charge on any atom is -0.473 e. The Hall–Kier alpha value is -4.33. The van der Waals surface area contributed by atoms with Crippen molar-refractivity contribution in [2.45, 2.75) is 18.9 Å². The average Bonchev–Trinajstić information content (AvgIpc) is 3.44. The second-order valence-electron chi connectivity index (χ2n) is 8.03. The predicted molar refractivity (Wildman–Crippen MR) is 125 cm³/mol. The van der Waals surface area contributed by atoms with Crippen LogP contribution in [0.4, 0.5) is 0 Å². The van der Waals surface area contributed by atoms with E-state index in [1.807, 2.05) is 24.3 Å². The van der Waals surface area contributed by atoms with Crippen LogP contribution in [0.3, 0.4) is 0 Å². The molecular formula is C26H23N5O3. The van der Waals surface area contributed by atoms with E-state index in [2.05, 4.69) is 15.3 Å². The highest BCUT2D eigenvalue weighted by Gasteiger charge is 2.27. The molecule has 8 nitrogen and oxygen atoms in total. The third-order valence-electron chi connectivity index (χ3n) is 5.82. The van der Waals surface area contributed by atoms with Crippen molar-refractivity contribution in [1.29, 1.82) is 0 Å². The van der Waals surface area contributed by atoms with Gasteiger partial charge in [0.1, 0.15) is 6.10 Å². The van der Waals surface area contributed by atoms with E-state index in [4.69, 9.17) is 4.74 Å². The molecule has 0 unspecified atom stereocenters. The summed E-state index contributed by atoms with van der Waals surface area (Å²) in [5.74, 6) is 0.766. The molecule has 0 atom stereocenters. The zero-order valence-corrected chi connectivity index (χ0v) is 18.4. The SMILES string of the molecule is O=C(c1ccccc1)c1ccccc1C(=O)N1CCC(Oc2ccc(-n3cccn3)nn2)CC1. The predicted octanol–water partition coefficient (Wildman–Crippen LogP) is 3.58. The van der Waals surface area contributed by atoms with Crippen molar-refractivity contribution in [3.8, 4) is 11.7 Å². The summed E-state index contributed by atoms with van der Waals surface area (Å²) < 4.78 is 7.61. The Morgan fingerprint density at radius 2 is 1.56 bits per heavy atom. The second kappa shape index (κ2) is 9.66. The van der Waals surface area contributed by atoms with Crippen LogP contribution in [0.5, 0.6) is 5.88 Å². The maximum Gasteiger partial charge on any atom is 0.254 e. The lowest BCUT2D eigenvalue weighted by Gasteiger charge is -2.32. The number of likely N-dealkylation sites (tertiary alicyclic amines) is 1. The number of amides is 1. The summed E-state index contributed by atoms with van der Waals surface area (Å²) in [6, 6.07) is 21.4. The fraction of sp³-hybridized carbons (Fsp3) is 0.192. The first kappa shape index (κ1) is 21.5. The number of carbonyl (C=O) groups excluding carboxylic acids is 2. The third kappa shape index (κ3) is 4.56. The van der Waals surface area contributed by atoms with Gasteiger partial charge < -0.3 is 9.64 Å². The summed E-state index contributed by atoms with van der Waals surface area (Å²) in [6.45, 7) is 1.08. The molecule has 5 rings (SSSR count). The van der Waals surface area contributed by atoms with Crippen LogP contribution in [-0.4, -0.2) is 55.8 Å². The maximum absolute atomic E-state index is 13.3. The van der Waals surface area contributed by atoms with Gasteiger partial charge in [0.15, 0.2) is 11.6 Å². The van der Waals surface area contributed by atoms with Gasteiger partial charge in [-0.1, -0.05) is 48.5 Å². The zero-order chi connectivity index (χ0) is 23.3. The Bertz CT molecular complexity index is 1270. The van der Waals surface area contributed by atoms with E-state index in [1.54, 1.807) is 70.5 Å².